The van der Waals surface area contributed by atoms with E-state index in [-0.39, 0.29) is 17.5 Å². The fraction of sp³-hybridized carbons (Fsp3) is 0.0625. The number of rotatable bonds is 3. The van der Waals surface area contributed by atoms with Crippen molar-refractivity contribution >= 4 is 30.0 Å². The summed E-state index contributed by atoms with van der Waals surface area (Å²) in [5.74, 6) is -3.13. The monoisotopic (exact) mass is 350 g/mol. The average Bonchev–Trinajstić information content (AvgIpc) is 3.16. The third-order valence-corrected chi connectivity index (χ3v) is 3.36. The van der Waals surface area contributed by atoms with Gasteiger partial charge in [-0.3, -0.25) is 9.59 Å². The summed E-state index contributed by atoms with van der Waals surface area (Å²) in [7, 11) is 0. The lowest BCUT2D eigenvalue weighted by Gasteiger charge is -2.12. The van der Waals surface area contributed by atoms with E-state index < -0.39 is 34.9 Å². The zero-order valence-corrected chi connectivity index (χ0v) is 12.3. The van der Waals surface area contributed by atoms with E-state index in [1.165, 1.54) is 18.5 Å². The van der Waals surface area contributed by atoms with Crippen LogP contribution in [-0.2, 0) is 11.0 Å². The Balaban J connectivity index is 1.86. The molecule has 5 nitrogen and oxygen atoms in total. The molecule has 0 radical (unpaired) electrons. The van der Waals surface area contributed by atoms with E-state index in [0.29, 0.717) is 11.6 Å². The van der Waals surface area contributed by atoms with Crippen LogP contribution < -0.4 is 9.98 Å². The molecule has 126 valence electrons. The quantitative estimate of drug-likeness (QED) is 0.664. The molecule has 1 aromatic carbocycles. The molecular weight excluding hydrogens is 342 g/mol. The number of hydrogen-bond acceptors (Lipinski definition) is 2. The van der Waals surface area contributed by atoms with Crippen LogP contribution in [0.2, 0.25) is 0 Å². The van der Waals surface area contributed by atoms with Gasteiger partial charge in [-0.05, 0) is 24.3 Å². The molecule has 0 aliphatic carbocycles. The molecule has 0 fully saturated rings. The zero-order chi connectivity index (χ0) is 18.2. The molecule has 2 amide bonds. The first-order chi connectivity index (χ1) is 11.8. The van der Waals surface area contributed by atoms with Crippen molar-refractivity contribution in [3.63, 3.8) is 0 Å². The predicted octanol–water partition coefficient (Wildman–Crippen LogP) is 1.59. The first kappa shape index (κ1) is 16.5. The van der Waals surface area contributed by atoms with Crippen LogP contribution >= 0.6 is 0 Å². The minimum absolute atomic E-state index is 0.220. The Kier molecular flexibility index (Phi) is 3.94. The summed E-state index contributed by atoms with van der Waals surface area (Å²) in [5.41, 5.74) is -1.76. The largest absolute Gasteiger partial charge is 0.417 e. The zero-order valence-electron chi connectivity index (χ0n) is 12.3. The molecule has 0 unspecified atom stereocenters. The third-order valence-electron chi connectivity index (χ3n) is 3.36. The summed E-state index contributed by atoms with van der Waals surface area (Å²) >= 11 is 0. The molecule has 9 heteroatoms. The fourth-order valence-electron chi connectivity index (χ4n) is 2.22. The molecule has 0 saturated carbocycles. The highest BCUT2D eigenvalue weighted by Crippen LogP contribution is 2.32. The Morgan fingerprint density at radius 2 is 2.00 bits per heavy atom. The van der Waals surface area contributed by atoms with Gasteiger partial charge in [0.15, 0.2) is 0 Å². The summed E-state index contributed by atoms with van der Waals surface area (Å²) in [4.78, 5) is 27.6. The minimum Gasteiger partial charge on any atom is -0.317 e. The SMILES string of the molecule is O=C1N=C(C2=CC=[N+]=C2)C=C1NC(=O)c1ccc(F)cc1C(F)(F)F. The first-order valence-corrected chi connectivity index (χ1v) is 6.85. The standard InChI is InChI=1S/C16H7F4N3O2/c17-9-1-2-10(11(5-9)16(18,19)20)14(24)23-13-6-12(22-15(13)25)8-3-4-21-7-8/h1-7H/p+1. The van der Waals surface area contributed by atoms with Crippen molar-refractivity contribution in [3.8, 4) is 0 Å². The molecule has 3 rings (SSSR count). The highest BCUT2D eigenvalue weighted by atomic mass is 19.4. The van der Waals surface area contributed by atoms with Crippen LogP contribution in [-0.4, -0.2) is 30.0 Å². The molecule has 0 bridgehead atoms. The highest BCUT2D eigenvalue weighted by molar-refractivity contribution is 6.31. The van der Waals surface area contributed by atoms with E-state index in [2.05, 4.69) is 15.0 Å². The lowest BCUT2D eigenvalue weighted by molar-refractivity contribution is -0.138. The number of allylic oxidation sites excluding steroid dienone is 3. The summed E-state index contributed by atoms with van der Waals surface area (Å²) in [6.07, 6.45) is 0.796. The van der Waals surface area contributed by atoms with Crippen LogP contribution in [0.25, 0.3) is 0 Å². The second-order valence-corrected chi connectivity index (χ2v) is 5.05. The number of alkyl halides is 3. The van der Waals surface area contributed by atoms with Crippen LogP contribution in [0.1, 0.15) is 15.9 Å². The van der Waals surface area contributed by atoms with E-state index in [4.69, 9.17) is 0 Å². The number of halogens is 4. The highest BCUT2D eigenvalue weighted by Gasteiger charge is 2.36. The maximum atomic E-state index is 13.1. The first-order valence-electron chi connectivity index (χ1n) is 6.85. The van der Waals surface area contributed by atoms with Crippen LogP contribution in [0.3, 0.4) is 0 Å². The molecule has 0 aromatic heterocycles. The Labute approximate surface area is 137 Å². The topological polar surface area (TPSA) is 72.6 Å². The van der Waals surface area contributed by atoms with Gasteiger partial charge in [-0.15, -0.1) is 4.67 Å². The number of amides is 2. The summed E-state index contributed by atoms with van der Waals surface area (Å²) in [6, 6.07) is 1.65. The molecule has 25 heavy (non-hydrogen) atoms. The molecule has 2 aliphatic rings. The maximum absolute atomic E-state index is 13.1. The lowest BCUT2D eigenvalue weighted by atomic mass is 10.1. The van der Waals surface area contributed by atoms with Gasteiger partial charge in [0.05, 0.1) is 22.4 Å². The van der Waals surface area contributed by atoms with Gasteiger partial charge in [0.2, 0.25) is 0 Å². The van der Waals surface area contributed by atoms with Crippen molar-refractivity contribution in [2.24, 2.45) is 4.99 Å². The number of nitrogens with zero attached hydrogens (tertiary/aromatic N) is 2. The Hall–Kier alpha value is -3.32. The van der Waals surface area contributed by atoms with E-state index in [9.17, 15) is 27.2 Å². The molecule has 0 spiro atoms. The second kappa shape index (κ2) is 5.95. The molecule has 1 N–H and O–H groups in total. The number of carbonyl (C=O) groups is 2. The second-order valence-electron chi connectivity index (χ2n) is 5.05. The summed E-state index contributed by atoms with van der Waals surface area (Å²) in [5, 5.41) is 2.08. The van der Waals surface area contributed by atoms with Crippen molar-refractivity contribution in [2.75, 3.05) is 0 Å². The number of nitrogens with one attached hydrogen (secondary N) is 1. The van der Waals surface area contributed by atoms with E-state index >= 15 is 0 Å². The van der Waals surface area contributed by atoms with Crippen molar-refractivity contribution in [3.05, 3.63) is 58.6 Å². The van der Waals surface area contributed by atoms with Gasteiger partial charge in [0.1, 0.15) is 11.5 Å². The van der Waals surface area contributed by atoms with Crippen LogP contribution in [0.4, 0.5) is 17.6 Å². The number of hydrogen-bond donors (Lipinski definition) is 1. The van der Waals surface area contributed by atoms with Gasteiger partial charge >= 0.3 is 12.4 Å². The van der Waals surface area contributed by atoms with Gasteiger partial charge in [-0.25, -0.2) is 9.38 Å². The van der Waals surface area contributed by atoms with Crippen LogP contribution in [0, 0.1) is 5.82 Å². The molecule has 2 aliphatic heterocycles. The van der Waals surface area contributed by atoms with Gasteiger partial charge in [0, 0.05) is 6.08 Å². The van der Waals surface area contributed by atoms with Gasteiger partial charge in [-0.1, -0.05) is 0 Å². The Morgan fingerprint density at radius 1 is 1.24 bits per heavy atom. The van der Waals surface area contributed by atoms with Crippen LogP contribution in [0.5, 0.6) is 0 Å². The van der Waals surface area contributed by atoms with E-state index in [1.54, 1.807) is 6.08 Å². The average molecular weight is 350 g/mol. The molecule has 1 aromatic rings. The molecule has 0 atom stereocenters. The lowest BCUT2D eigenvalue weighted by Crippen LogP contribution is -2.28. The van der Waals surface area contributed by atoms with E-state index in [0.717, 1.165) is 6.07 Å². The maximum Gasteiger partial charge on any atom is 0.417 e. The van der Waals surface area contributed by atoms with Crippen molar-refractivity contribution in [2.45, 2.75) is 6.18 Å². The van der Waals surface area contributed by atoms with Crippen molar-refractivity contribution in [1.29, 1.82) is 0 Å². The van der Waals surface area contributed by atoms with Gasteiger partial charge < -0.3 is 5.32 Å². The predicted molar refractivity (Wildman–Crippen MR) is 81.7 cm³/mol. The normalized spacial score (nSPS) is 16.0. The molecule has 2 heterocycles. The summed E-state index contributed by atoms with van der Waals surface area (Å²) in [6.45, 7) is 0. The molecular formula is C16H8F4N3O2+. The Morgan fingerprint density at radius 3 is 2.64 bits per heavy atom. The van der Waals surface area contributed by atoms with Crippen molar-refractivity contribution in [1.82, 2.24) is 9.98 Å². The number of aliphatic imine (C=N–C) groups is 1. The molecule has 0 saturated heterocycles. The fourth-order valence-corrected chi connectivity index (χ4v) is 2.22. The Bertz CT molecular complexity index is 949. The van der Waals surface area contributed by atoms with Gasteiger partial charge in [0.25, 0.3) is 18.0 Å². The van der Waals surface area contributed by atoms with E-state index in [1.807, 2.05) is 0 Å². The number of carbonyl (C=O) groups excluding carboxylic acids is 2. The number of benzene rings is 1. The van der Waals surface area contributed by atoms with Crippen LogP contribution in [0.15, 0.2) is 46.6 Å². The third kappa shape index (κ3) is 3.31. The van der Waals surface area contributed by atoms with Crippen molar-refractivity contribution < 1.29 is 27.2 Å². The van der Waals surface area contributed by atoms with Gasteiger partial charge in [-0.2, -0.15) is 13.2 Å². The smallest absolute Gasteiger partial charge is 0.317 e. The minimum atomic E-state index is -4.93. The summed E-state index contributed by atoms with van der Waals surface area (Å²) < 4.78 is 55.8.